The van der Waals surface area contributed by atoms with Gasteiger partial charge in [0.25, 0.3) is 5.91 Å². The third-order valence-corrected chi connectivity index (χ3v) is 3.99. The first-order valence-corrected chi connectivity index (χ1v) is 8.62. The molecule has 0 unspecified atom stereocenters. The molecule has 0 saturated carbocycles. The van der Waals surface area contributed by atoms with Crippen LogP contribution in [-0.4, -0.2) is 35.8 Å². The van der Waals surface area contributed by atoms with Gasteiger partial charge in [-0.1, -0.05) is 30.6 Å². The zero-order valence-corrected chi connectivity index (χ0v) is 14.9. The number of benzene rings is 1. The Morgan fingerprint density at radius 2 is 2.12 bits per heavy atom. The van der Waals surface area contributed by atoms with E-state index in [1.165, 1.54) is 0 Å². The average Bonchev–Trinajstić information content (AvgIpc) is 3.08. The van der Waals surface area contributed by atoms with Gasteiger partial charge in [-0.2, -0.15) is 4.98 Å². The van der Waals surface area contributed by atoms with Crippen LogP contribution in [-0.2, 0) is 6.42 Å². The van der Waals surface area contributed by atoms with Crippen LogP contribution in [0.15, 0.2) is 16.7 Å². The van der Waals surface area contributed by atoms with E-state index in [0.29, 0.717) is 66.4 Å². The second-order valence-electron chi connectivity index (χ2n) is 6.04. The summed E-state index contributed by atoms with van der Waals surface area (Å²) in [7, 11) is 0. The molecule has 0 atom stereocenters. The zero-order valence-electron chi connectivity index (χ0n) is 14.2. The van der Waals surface area contributed by atoms with E-state index in [1.54, 1.807) is 12.1 Å². The molecule has 0 aliphatic carbocycles. The van der Waals surface area contributed by atoms with Crippen LogP contribution in [0.1, 0.15) is 48.3 Å². The van der Waals surface area contributed by atoms with Gasteiger partial charge in [0.15, 0.2) is 17.3 Å². The van der Waals surface area contributed by atoms with E-state index in [1.807, 2.05) is 13.8 Å². The van der Waals surface area contributed by atoms with Crippen LogP contribution in [0.3, 0.4) is 0 Å². The van der Waals surface area contributed by atoms with Crippen LogP contribution in [0.25, 0.3) is 0 Å². The van der Waals surface area contributed by atoms with Crippen molar-refractivity contribution in [2.24, 2.45) is 0 Å². The van der Waals surface area contributed by atoms with Gasteiger partial charge in [-0.05, 0) is 18.6 Å². The van der Waals surface area contributed by atoms with E-state index in [4.69, 9.17) is 25.6 Å². The Hall–Kier alpha value is -2.28. The fraction of sp³-hybridized carbons (Fsp3) is 0.471. The van der Waals surface area contributed by atoms with Gasteiger partial charge >= 0.3 is 0 Å². The largest absolute Gasteiger partial charge is 0.486 e. The first kappa shape index (κ1) is 17.5. The summed E-state index contributed by atoms with van der Waals surface area (Å²) in [6.45, 7) is 5.40. The standard InChI is InChI=1S/C17H20ClN3O4/c1-10(2)16-20-14(25-21-16)4-3-5-19-17(22)11-8-12(18)15-13(9-11)23-6-7-24-15/h8-10H,3-7H2,1-2H3,(H,19,22). The Morgan fingerprint density at radius 1 is 1.32 bits per heavy atom. The van der Waals surface area contributed by atoms with Crippen LogP contribution >= 0.6 is 11.6 Å². The predicted molar refractivity (Wildman–Crippen MR) is 91.5 cm³/mol. The molecule has 0 fully saturated rings. The molecule has 0 bridgehead atoms. The van der Waals surface area contributed by atoms with Gasteiger partial charge in [0.1, 0.15) is 13.2 Å². The van der Waals surface area contributed by atoms with Gasteiger partial charge in [-0.3, -0.25) is 4.79 Å². The lowest BCUT2D eigenvalue weighted by Crippen LogP contribution is -2.25. The third kappa shape index (κ3) is 4.22. The van der Waals surface area contributed by atoms with E-state index >= 15 is 0 Å². The van der Waals surface area contributed by atoms with Crippen LogP contribution in [0.2, 0.25) is 5.02 Å². The highest BCUT2D eigenvalue weighted by Gasteiger charge is 2.19. The highest BCUT2D eigenvalue weighted by molar-refractivity contribution is 6.32. The summed E-state index contributed by atoms with van der Waals surface area (Å²) in [6, 6.07) is 3.22. The third-order valence-electron chi connectivity index (χ3n) is 3.71. The molecule has 3 rings (SSSR count). The number of carbonyl (C=O) groups excluding carboxylic acids is 1. The number of aryl methyl sites for hydroxylation is 1. The van der Waals surface area contributed by atoms with Crippen LogP contribution in [0.5, 0.6) is 11.5 Å². The number of ether oxygens (including phenoxy) is 2. The Kier molecular flexibility index (Phi) is 5.43. The Bertz CT molecular complexity index is 760. The lowest BCUT2D eigenvalue weighted by molar-refractivity contribution is 0.0951. The number of aromatic nitrogens is 2. The summed E-state index contributed by atoms with van der Waals surface area (Å²) in [5.41, 5.74) is 0.439. The quantitative estimate of drug-likeness (QED) is 0.792. The number of carbonyl (C=O) groups is 1. The minimum absolute atomic E-state index is 0.215. The van der Waals surface area contributed by atoms with E-state index in [-0.39, 0.29) is 11.8 Å². The van der Waals surface area contributed by atoms with Crippen LogP contribution < -0.4 is 14.8 Å². The maximum Gasteiger partial charge on any atom is 0.251 e. The molecule has 25 heavy (non-hydrogen) atoms. The molecule has 1 N–H and O–H groups in total. The number of halogens is 1. The van der Waals surface area contributed by atoms with Crippen molar-refractivity contribution in [2.75, 3.05) is 19.8 Å². The Balaban J connectivity index is 1.51. The van der Waals surface area contributed by atoms with Crippen molar-refractivity contribution in [3.05, 3.63) is 34.4 Å². The fourth-order valence-corrected chi connectivity index (χ4v) is 2.65. The van der Waals surface area contributed by atoms with Crippen LogP contribution in [0, 0.1) is 0 Å². The monoisotopic (exact) mass is 365 g/mol. The van der Waals surface area contributed by atoms with Gasteiger partial charge in [-0.15, -0.1) is 0 Å². The SMILES string of the molecule is CC(C)c1noc(CCCNC(=O)c2cc(Cl)c3c(c2)OCCO3)n1. The molecule has 1 amide bonds. The van der Waals surface area contributed by atoms with Gasteiger partial charge in [-0.25, -0.2) is 0 Å². The molecule has 134 valence electrons. The second-order valence-corrected chi connectivity index (χ2v) is 6.45. The molecule has 7 nitrogen and oxygen atoms in total. The van der Waals surface area contributed by atoms with Gasteiger partial charge in [0.2, 0.25) is 5.89 Å². The molecule has 2 heterocycles. The van der Waals surface area contributed by atoms with Crippen LogP contribution in [0.4, 0.5) is 0 Å². The summed E-state index contributed by atoms with van der Waals surface area (Å²) in [5, 5.41) is 7.13. The van der Waals surface area contributed by atoms with Crippen molar-refractivity contribution < 1.29 is 18.8 Å². The van der Waals surface area contributed by atoms with Crippen molar-refractivity contribution >= 4 is 17.5 Å². The summed E-state index contributed by atoms with van der Waals surface area (Å²) in [4.78, 5) is 16.6. The molecule has 8 heteroatoms. The molecule has 0 radical (unpaired) electrons. The first-order valence-electron chi connectivity index (χ1n) is 8.24. The fourth-order valence-electron chi connectivity index (χ4n) is 2.39. The number of nitrogens with one attached hydrogen (secondary N) is 1. The van der Waals surface area contributed by atoms with Gasteiger partial charge in [0.05, 0.1) is 5.02 Å². The normalized spacial score (nSPS) is 13.1. The maximum absolute atomic E-state index is 12.3. The molecule has 1 aliphatic heterocycles. The maximum atomic E-state index is 12.3. The summed E-state index contributed by atoms with van der Waals surface area (Å²) in [5.74, 6) is 2.28. The molecular weight excluding hydrogens is 346 g/mol. The molecular formula is C17H20ClN3O4. The van der Waals surface area contributed by atoms with E-state index in [2.05, 4.69) is 15.5 Å². The lowest BCUT2D eigenvalue weighted by Gasteiger charge is -2.20. The molecule has 2 aromatic rings. The van der Waals surface area contributed by atoms with Gasteiger partial charge < -0.3 is 19.3 Å². The lowest BCUT2D eigenvalue weighted by atomic mass is 10.1. The number of fused-ring (bicyclic) bond motifs is 1. The first-order chi connectivity index (χ1) is 12.0. The highest BCUT2D eigenvalue weighted by atomic mass is 35.5. The number of amides is 1. The van der Waals surface area contributed by atoms with Crippen molar-refractivity contribution in [1.82, 2.24) is 15.5 Å². The topological polar surface area (TPSA) is 86.5 Å². The molecule has 1 aromatic heterocycles. The number of hydrogen-bond acceptors (Lipinski definition) is 6. The predicted octanol–water partition coefficient (Wildman–Crippen LogP) is 2.98. The number of rotatable bonds is 6. The molecule has 1 aliphatic rings. The van der Waals surface area contributed by atoms with Crippen molar-refractivity contribution in [2.45, 2.75) is 32.6 Å². The minimum atomic E-state index is -0.215. The summed E-state index contributed by atoms with van der Waals surface area (Å²) >= 11 is 6.15. The smallest absolute Gasteiger partial charge is 0.251 e. The Morgan fingerprint density at radius 3 is 2.88 bits per heavy atom. The highest BCUT2D eigenvalue weighted by Crippen LogP contribution is 2.38. The second kappa shape index (κ2) is 7.74. The van der Waals surface area contributed by atoms with Crippen molar-refractivity contribution in [3.63, 3.8) is 0 Å². The summed E-state index contributed by atoms with van der Waals surface area (Å²) < 4.78 is 16.1. The zero-order chi connectivity index (χ0) is 17.8. The van der Waals surface area contributed by atoms with E-state index in [0.717, 1.165) is 0 Å². The van der Waals surface area contributed by atoms with Gasteiger partial charge in [0, 0.05) is 24.4 Å². The summed E-state index contributed by atoms with van der Waals surface area (Å²) in [6.07, 6.45) is 1.31. The number of hydrogen-bond donors (Lipinski definition) is 1. The Labute approximate surface area is 150 Å². The average molecular weight is 366 g/mol. The van der Waals surface area contributed by atoms with E-state index < -0.39 is 0 Å². The molecule has 1 aromatic carbocycles. The molecule has 0 spiro atoms. The van der Waals surface area contributed by atoms with Crippen molar-refractivity contribution in [3.8, 4) is 11.5 Å². The van der Waals surface area contributed by atoms with Crippen molar-refractivity contribution in [1.29, 1.82) is 0 Å². The molecule has 0 saturated heterocycles. The number of nitrogens with zero attached hydrogens (tertiary/aromatic N) is 2. The van der Waals surface area contributed by atoms with E-state index in [9.17, 15) is 4.79 Å². The minimum Gasteiger partial charge on any atom is -0.486 e.